The van der Waals surface area contributed by atoms with Gasteiger partial charge in [0.15, 0.2) is 5.69 Å². The van der Waals surface area contributed by atoms with Gasteiger partial charge < -0.3 is 10.4 Å². The molecule has 1 heterocycles. The lowest BCUT2D eigenvalue weighted by molar-refractivity contribution is 0.0690. The van der Waals surface area contributed by atoms with Crippen molar-refractivity contribution in [2.75, 3.05) is 23.9 Å². The Balaban J connectivity index is 2.58. The van der Waals surface area contributed by atoms with Crippen LogP contribution < -0.4 is 5.32 Å². The van der Waals surface area contributed by atoms with Crippen molar-refractivity contribution < 1.29 is 14.1 Å². The van der Waals surface area contributed by atoms with Gasteiger partial charge in [0.05, 0.1) is 0 Å². The molecule has 0 aliphatic heterocycles. The van der Waals surface area contributed by atoms with Crippen LogP contribution in [0.25, 0.3) is 0 Å². The number of nitrogens with zero attached hydrogens (tertiary/aromatic N) is 2. The fourth-order valence-corrected chi connectivity index (χ4v) is 1.26. The van der Waals surface area contributed by atoms with Gasteiger partial charge >= 0.3 is 5.97 Å². The summed E-state index contributed by atoms with van der Waals surface area (Å²) in [6.07, 6.45) is 2.96. The van der Waals surface area contributed by atoms with Gasteiger partial charge in [-0.2, -0.15) is 0 Å². The van der Waals surface area contributed by atoms with E-state index in [-0.39, 0.29) is 11.6 Å². The summed E-state index contributed by atoms with van der Waals surface area (Å²) in [4.78, 5) is 18.2. The first kappa shape index (κ1) is 11.6. The highest BCUT2D eigenvalue weighted by Crippen LogP contribution is 1.99. The van der Waals surface area contributed by atoms with E-state index in [1.165, 1.54) is 12.3 Å². The van der Waals surface area contributed by atoms with Crippen LogP contribution in [0, 0.1) is 0 Å². The third-order valence-corrected chi connectivity index (χ3v) is 2.33. The van der Waals surface area contributed by atoms with Crippen LogP contribution in [0.4, 0.5) is 5.95 Å². The van der Waals surface area contributed by atoms with Crippen molar-refractivity contribution in [1.82, 2.24) is 9.97 Å². The molecule has 1 rings (SSSR count). The lowest BCUT2D eigenvalue weighted by Crippen LogP contribution is -2.13. The number of carboxylic acids is 1. The van der Waals surface area contributed by atoms with Gasteiger partial charge in [0.1, 0.15) is 0 Å². The van der Waals surface area contributed by atoms with Crippen LogP contribution in [-0.2, 0) is 10.8 Å². The molecule has 0 aliphatic carbocycles. The molecule has 0 saturated heterocycles. The molecule has 0 saturated carbocycles. The van der Waals surface area contributed by atoms with Gasteiger partial charge in [-0.3, -0.25) is 4.21 Å². The number of hydrogen-bond donors (Lipinski definition) is 2. The minimum Gasteiger partial charge on any atom is -0.477 e. The average Bonchev–Trinajstić information content (AvgIpc) is 2.17. The van der Waals surface area contributed by atoms with Gasteiger partial charge in [-0.15, -0.1) is 0 Å². The third kappa shape index (κ3) is 4.03. The van der Waals surface area contributed by atoms with Crippen LogP contribution in [0.3, 0.4) is 0 Å². The summed E-state index contributed by atoms with van der Waals surface area (Å²) < 4.78 is 10.7. The van der Waals surface area contributed by atoms with Crippen molar-refractivity contribution in [3.05, 3.63) is 18.0 Å². The lowest BCUT2D eigenvalue weighted by atomic mass is 10.4. The molecule has 0 aliphatic rings. The van der Waals surface area contributed by atoms with Crippen molar-refractivity contribution in [3.63, 3.8) is 0 Å². The van der Waals surface area contributed by atoms with E-state index in [2.05, 4.69) is 15.3 Å². The molecule has 0 fully saturated rings. The molecule has 0 radical (unpaired) electrons. The Morgan fingerprint density at radius 1 is 1.67 bits per heavy atom. The Labute approximate surface area is 89.2 Å². The van der Waals surface area contributed by atoms with Crippen molar-refractivity contribution in [1.29, 1.82) is 0 Å². The van der Waals surface area contributed by atoms with Crippen molar-refractivity contribution >= 4 is 22.7 Å². The Bertz CT molecular complexity index is 383. The van der Waals surface area contributed by atoms with Gasteiger partial charge in [0, 0.05) is 35.5 Å². The zero-order valence-electron chi connectivity index (χ0n) is 8.14. The number of carbonyl (C=O) groups is 1. The molecule has 1 unspecified atom stereocenters. The maximum atomic E-state index is 10.7. The molecule has 1 atom stereocenters. The van der Waals surface area contributed by atoms with Crippen molar-refractivity contribution in [2.24, 2.45) is 0 Å². The summed E-state index contributed by atoms with van der Waals surface area (Å²) in [6.45, 7) is 0.451. The Hall–Kier alpha value is -1.50. The first-order chi connectivity index (χ1) is 7.09. The first-order valence-electron chi connectivity index (χ1n) is 4.20. The second-order valence-electron chi connectivity index (χ2n) is 2.77. The van der Waals surface area contributed by atoms with E-state index < -0.39 is 16.8 Å². The molecular weight excluding hydrogens is 218 g/mol. The molecule has 2 N–H and O–H groups in total. The summed E-state index contributed by atoms with van der Waals surface area (Å²) in [7, 11) is -0.888. The summed E-state index contributed by atoms with van der Waals surface area (Å²) >= 11 is 0. The fraction of sp³-hybridized carbons (Fsp3) is 0.375. The maximum absolute atomic E-state index is 10.7. The summed E-state index contributed by atoms with van der Waals surface area (Å²) in [6, 6.07) is 1.31. The number of aromatic carboxylic acids is 1. The van der Waals surface area contributed by atoms with Gasteiger partial charge in [-0.1, -0.05) is 0 Å². The Kier molecular flexibility index (Phi) is 4.17. The predicted molar refractivity (Wildman–Crippen MR) is 56.4 cm³/mol. The van der Waals surface area contributed by atoms with E-state index in [9.17, 15) is 9.00 Å². The largest absolute Gasteiger partial charge is 0.477 e. The Morgan fingerprint density at radius 3 is 3.00 bits per heavy atom. The molecule has 82 valence electrons. The van der Waals surface area contributed by atoms with Crippen LogP contribution in [0.1, 0.15) is 10.5 Å². The fourth-order valence-electron chi connectivity index (χ4n) is 0.870. The molecule has 1 aromatic heterocycles. The second-order valence-corrected chi connectivity index (χ2v) is 4.33. The lowest BCUT2D eigenvalue weighted by Gasteiger charge is -2.03. The maximum Gasteiger partial charge on any atom is 0.354 e. The SMILES string of the molecule is CS(=O)CCNc1nccc(C(=O)O)n1. The molecule has 1 aromatic rings. The molecule has 15 heavy (non-hydrogen) atoms. The number of carboxylic acid groups (broad SMARTS) is 1. The topological polar surface area (TPSA) is 92.2 Å². The highest BCUT2D eigenvalue weighted by molar-refractivity contribution is 7.84. The van der Waals surface area contributed by atoms with Gasteiger partial charge in [0.25, 0.3) is 0 Å². The van der Waals surface area contributed by atoms with E-state index in [4.69, 9.17) is 5.11 Å². The van der Waals surface area contributed by atoms with Gasteiger partial charge in [0.2, 0.25) is 5.95 Å². The van der Waals surface area contributed by atoms with Crippen LogP contribution in [0.5, 0.6) is 0 Å². The van der Waals surface area contributed by atoms with E-state index in [0.717, 1.165) is 0 Å². The van der Waals surface area contributed by atoms with Crippen LogP contribution in [0.2, 0.25) is 0 Å². The smallest absolute Gasteiger partial charge is 0.354 e. The normalized spacial score (nSPS) is 12.1. The molecule has 0 amide bonds. The Morgan fingerprint density at radius 2 is 2.40 bits per heavy atom. The zero-order valence-corrected chi connectivity index (χ0v) is 8.95. The van der Waals surface area contributed by atoms with Gasteiger partial charge in [-0.25, -0.2) is 14.8 Å². The summed E-state index contributed by atoms with van der Waals surface area (Å²) in [5.74, 6) is -0.388. The van der Waals surface area contributed by atoms with Crippen LogP contribution in [0.15, 0.2) is 12.3 Å². The standard InChI is InChI=1S/C8H11N3O3S/c1-15(14)5-4-10-8-9-3-2-6(11-8)7(12)13/h2-3H,4-5H2,1H3,(H,12,13)(H,9,10,11). The molecule has 0 bridgehead atoms. The molecule has 0 aromatic carbocycles. The number of anilines is 1. The van der Waals surface area contributed by atoms with E-state index in [1.54, 1.807) is 6.26 Å². The highest BCUT2D eigenvalue weighted by Gasteiger charge is 2.05. The number of rotatable bonds is 5. The first-order valence-corrected chi connectivity index (χ1v) is 5.92. The zero-order chi connectivity index (χ0) is 11.3. The molecule has 0 spiro atoms. The van der Waals surface area contributed by atoms with Crippen molar-refractivity contribution in [2.45, 2.75) is 0 Å². The third-order valence-electron chi connectivity index (χ3n) is 1.55. The van der Waals surface area contributed by atoms with E-state index >= 15 is 0 Å². The molecule has 6 nitrogen and oxygen atoms in total. The molecule has 7 heteroatoms. The monoisotopic (exact) mass is 229 g/mol. The second kappa shape index (κ2) is 5.40. The number of hydrogen-bond acceptors (Lipinski definition) is 5. The minimum absolute atomic E-state index is 0.0647. The predicted octanol–water partition coefficient (Wildman–Crippen LogP) is -0.0348. The average molecular weight is 229 g/mol. The number of nitrogens with one attached hydrogen (secondary N) is 1. The van der Waals surface area contributed by atoms with E-state index in [0.29, 0.717) is 12.3 Å². The summed E-state index contributed by atoms with van der Waals surface area (Å²) in [5, 5.41) is 11.4. The van der Waals surface area contributed by atoms with Crippen LogP contribution >= 0.6 is 0 Å². The number of aromatic nitrogens is 2. The van der Waals surface area contributed by atoms with Gasteiger partial charge in [-0.05, 0) is 6.07 Å². The van der Waals surface area contributed by atoms with Crippen molar-refractivity contribution in [3.8, 4) is 0 Å². The highest BCUT2D eigenvalue weighted by atomic mass is 32.2. The molecular formula is C8H11N3O3S. The summed E-state index contributed by atoms with van der Waals surface area (Å²) in [5.41, 5.74) is -0.0647. The van der Waals surface area contributed by atoms with E-state index in [1.807, 2.05) is 0 Å². The quantitative estimate of drug-likeness (QED) is 0.736. The van der Waals surface area contributed by atoms with Crippen LogP contribution in [-0.4, -0.2) is 43.8 Å². The minimum atomic E-state index is -1.10.